The number of aliphatic carboxylic acids is 1. The monoisotopic (exact) mass is 588 g/mol. The van der Waals surface area contributed by atoms with Crippen molar-refractivity contribution in [3.63, 3.8) is 0 Å². The maximum Gasteiger partial charge on any atom is 0.352 e. The lowest BCUT2D eigenvalue weighted by atomic mass is 10.0. The lowest BCUT2D eigenvalue weighted by molar-refractivity contribution is -0.150. The number of carboxylic acid groups (broad SMARTS) is 1. The second-order valence-corrected chi connectivity index (χ2v) is 12.4. The number of nitrogens with two attached hydrogens (primary N) is 1. The van der Waals surface area contributed by atoms with Crippen LogP contribution in [0, 0.1) is 0 Å². The third-order valence-electron chi connectivity index (χ3n) is 5.57. The van der Waals surface area contributed by atoms with Gasteiger partial charge in [-0.05, 0) is 17.7 Å². The van der Waals surface area contributed by atoms with Crippen LogP contribution in [0.4, 0.5) is 5.13 Å². The molecule has 2 aromatic heterocycles. The molecule has 4 N–H and O–H groups in total. The molecule has 5 rings (SSSR count). The van der Waals surface area contributed by atoms with Gasteiger partial charge in [-0.25, -0.2) is 14.8 Å². The zero-order valence-electron chi connectivity index (χ0n) is 19.7. The first-order chi connectivity index (χ1) is 18.4. The first kappa shape index (κ1) is 26.2. The summed E-state index contributed by atoms with van der Waals surface area (Å²) >= 11 is 5.55. The fraction of sp³-hybridized carbons (Fsp3) is 0.217. The van der Waals surface area contributed by atoms with Crippen molar-refractivity contribution in [2.45, 2.75) is 27.1 Å². The molecule has 4 heterocycles. The number of thioether (sulfide) groups is 1. The molecule has 0 aliphatic carbocycles. The Bertz CT molecular complexity index is 1450. The Morgan fingerprint density at radius 3 is 2.82 bits per heavy atom. The summed E-state index contributed by atoms with van der Waals surface area (Å²) < 4.78 is 0.850. The maximum atomic E-state index is 13.1. The summed E-state index contributed by atoms with van der Waals surface area (Å²) in [5.74, 6) is -1.98. The van der Waals surface area contributed by atoms with Crippen LogP contribution in [0.25, 0.3) is 0 Å². The van der Waals surface area contributed by atoms with E-state index in [1.54, 1.807) is 11.6 Å². The zero-order valence-corrected chi connectivity index (χ0v) is 23.0. The zero-order chi connectivity index (χ0) is 26.8. The summed E-state index contributed by atoms with van der Waals surface area (Å²) in [4.78, 5) is 54.7. The lowest BCUT2D eigenvalue weighted by Gasteiger charge is -2.49. The Labute approximate surface area is 233 Å². The van der Waals surface area contributed by atoms with Crippen molar-refractivity contribution in [3.8, 4) is 0 Å². The first-order valence-electron chi connectivity index (χ1n) is 11.1. The highest BCUT2D eigenvalue weighted by Crippen LogP contribution is 2.42. The summed E-state index contributed by atoms with van der Waals surface area (Å²) in [7, 11) is 1.29. The van der Waals surface area contributed by atoms with Crippen LogP contribution < -0.4 is 11.1 Å². The Morgan fingerprint density at radius 2 is 2.13 bits per heavy atom. The number of benzene rings is 1. The third kappa shape index (κ3) is 5.27. The van der Waals surface area contributed by atoms with Crippen LogP contribution in [0.5, 0.6) is 0 Å². The van der Waals surface area contributed by atoms with E-state index in [1.807, 2.05) is 30.3 Å². The van der Waals surface area contributed by atoms with Gasteiger partial charge in [-0.2, -0.15) is 0 Å². The van der Waals surface area contributed by atoms with Gasteiger partial charge < -0.3 is 21.0 Å². The second kappa shape index (κ2) is 11.1. The number of carboxylic acids is 1. The highest BCUT2D eigenvalue weighted by Gasteiger charge is 2.54. The van der Waals surface area contributed by atoms with Crippen molar-refractivity contribution in [1.29, 1.82) is 0 Å². The van der Waals surface area contributed by atoms with E-state index in [0.717, 1.165) is 25.4 Å². The number of nitrogens with zero attached hydrogens (tertiary/aromatic N) is 4. The van der Waals surface area contributed by atoms with E-state index in [0.29, 0.717) is 17.7 Å². The number of aromatic nitrogens is 2. The Balaban J connectivity index is 1.30. The highest BCUT2D eigenvalue weighted by molar-refractivity contribution is 8.01. The molecule has 0 spiro atoms. The number of carbonyl (C=O) groups is 3. The van der Waals surface area contributed by atoms with Gasteiger partial charge in [-0.1, -0.05) is 35.1 Å². The van der Waals surface area contributed by atoms with Gasteiger partial charge in [0, 0.05) is 33.5 Å². The molecule has 196 valence electrons. The number of β-lactam (4-membered cyclic amide) rings is 1. The number of nitrogen functional groups attached to an aromatic ring is 1. The van der Waals surface area contributed by atoms with Gasteiger partial charge >= 0.3 is 5.97 Å². The molecular formula is C23H20N6O5S4. The van der Waals surface area contributed by atoms with Gasteiger partial charge in [0.05, 0.1) is 0 Å². The molecule has 0 saturated carbocycles. The average molecular weight is 589 g/mol. The van der Waals surface area contributed by atoms with Crippen LogP contribution in [-0.2, 0) is 25.6 Å². The maximum absolute atomic E-state index is 13.1. The number of oxime groups is 1. The lowest BCUT2D eigenvalue weighted by Crippen LogP contribution is -2.71. The van der Waals surface area contributed by atoms with Crippen molar-refractivity contribution in [2.75, 3.05) is 18.6 Å². The molecule has 0 radical (unpaired) electrons. The number of anilines is 1. The van der Waals surface area contributed by atoms with E-state index in [4.69, 9.17) is 10.6 Å². The van der Waals surface area contributed by atoms with Crippen molar-refractivity contribution in [1.82, 2.24) is 20.2 Å². The summed E-state index contributed by atoms with van der Waals surface area (Å²) in [5.41, 5.74) is 6.32. The van der Waals surface area contributed by atoms with Crippen LogP contribution >= 0.6 is 46.2 Å². The summed E-state index contributed by atoms with van der Waals surface area (Å²) in [5, 5.41) is 17.6. The molecule has 0 unspecified atom stereocenters. The van der Waals surface area contributed by atoms with Crippen molar-refractivity contribution < 1.29 is 24.3 Å². The number of carbonyl (C=O) groups excluding carboxylic acids is 2. The minimum absolute atomic E-state index is 0.0482. The van der Waals surface area contributed by atoms with Crippen molar-refractivity contribution >= 4 is 74.8 Å². The van der Waals surface area contributed by atoms with Gasteiger partial charge in [-0.3, -0.25) is 14.5 Å². The summed E-state index contributed by atoms with van der Waals surface area (Å²) in [6.45, 7) is 0. The van der Waals surface area contributed by atoms with E-state index in [-0.39, 0.29) is 22.2 Å². The van der Waals surface area contributed by atoms with Crippen LogP contribution in [-0.4, -0.2) is 67.7 Å². The summed E-state index contributed by atoms with van der Waals surface area (Å²) in [6.07, 6.45) is 2.10. The molecule has 1 aromatic carbocycles. The number of amides is 2. The molecule has 2 amide bonds. The molecule has 3 aromatic rings. The Morgan fingerprint density at radius 1 is 1.34 bits per heavy atom. The summed E-state index contributed by atoms with van der Waals surface area (Å²) in [6, 6.07) is 8.93. The van der Waals surface area contributed by atoms with Crippen molar-refractivity contribution in [3.05, 3.63) is 63.7 Å². The predicted octanol–water partition coefficient (Wildman–Crippen LogP) is 2.66. The third-order valence-corrected chi connectivity index (χ3v) is 9.66. The largest absolute Gasteiger partial charge is 0.477 e. The van der Waals surface area contributed by atoms with E-state index in [2.05, 4.69) is 20.4 Å². The van der Waals surface area contributed by atoms with Gasteiger partial charge in [0.15, 0.2) is 15.2 Å². The quantitative estimate of drug-likeness (QED) is 0.193. The first-order valence-corrected chi connectivity index (χ1v) is 14.6. The molecule has 15 heteroatoms. The Hall–Kier alpha value is -3.40. The number of rotatable bonds is 9. The predicted molar refractivity (Wildman–Crippen MR) is 146 cm³/mol. The smallest absolute Gasteiger partial charge is 0.352 e. The minimum Gasteiger partial charge on any atom is -0.477 e. The molecule has 0 bridgehead atoms. The molecular weight excluding hydrogens is 569 g/mol. The molecule has 11 nitrogen and oxygen atoms in total. The van der Waals surface area contributed by atoms with Crippen molar-refractivity contribution in [2.24, 2.45) is 5.16 Å². The van der Waals surface area contributed by atoms with Gasteiger partial charge in [0.1, 0.15) is 29.9 Å². The molecule has 38 heavy (non-hydrogen) atoms. The van der Waals surface area contributed by atoms with E-state index < -0.39 is 29.2 Å². The minimum atomic E-state index is -1.19. The Kier molecular flexibility index (Phi) is 7.69. The van der Waals surface area contributed by atoms with Gasteiger partial charge in [0.2, 0.25) is 0 Å². The molecule has 2 aliphatic heterocycles. The molecule has 2 atom stereocenters. The second-order valence-electron chi connectivity index (χ2n) is 8.00. The van der Waals surface area contributed by atoms with Crippen LogP contribution in [0.2, 0.25) is 0 Å². The number of hydrogen-bond donors (Lipinski definition) is 3. The molecule has 2 aliphatic rings. The number of hydrogen-bond acceptors (Lipinski definition) is 12. The number of fused-ring (bicyclic) bond motifs is 1. The molecule has 1 fully saturated rings. The number of thiazole rings is 2. The normalized spacial score (nSPS) is 19.1. The standard InChI is InChI=1S/C23H20N6O5S4/c1-34-28-15(14-10-36-22(24)26-14)18(30)27-16-19(31)29-17(21(32)33)11(9-35-20(16)29)7-13-8-25-23(38-13)37-12-5-3-2-4-6-12/h2-6,8,10,16,20H,7,9H2,1H3,(H2,24,26)(H,27,30)(H,32,33)/b28-15-/t16-,20-/m1/s1. The average Bonchev–Trinajstić information content (AvgIpc) is 3.54. The van der Waals surface area contributed by atoms with Crippen LogP contribution in [0.1, 0.15) is 10.6 Å². The topological polar surface area (TPSA) is 160 Å². The van der Waals surface area contributed by atoms with Crippen LogP contribution in [0.15, 0.2) is 67.6 Å². The van der Waals surface area contributed by atoms with Gasteiger partial charge in [-0.15, -0.1) is 34.4 Å². The SMILES string of the molecule is CO/N=C(\C(=O)N[C@@H]1C(=O)N2C(C(=O)O)=C(Cc3cnc(Sc4ccccc4)s3)CS[C@H]12)c1csc(N)n1. The van der Waals surface area contributed by atoms with E-state index in [9.17, 15) is 19.5 Å². The molecule has 1 saturated heterocycles. The van der Waals surface area contributed by atoms with Gasteiger partial charge in [0.25, 0.3) is 11.8 Å². The van der Waals surface area contributed by atoms with E-state index >= 15 is 0 Å². The van der Waals surface area contributed by atoms with Crippen LogP contribution in [0.3, 0.4) is 0 Å². The van der Waals surface area contributed by atoms with E-state index in [1.165, 1.54) is 46.9 Å². The number of nitrogens with one attached hydrogen (secondary N) is 1. The highest BCUT2D eigenvalue weighted by atomic mass is 32.2. The fourth-order valence-corrected chi connectivity index (χ4v) is 7.89. The fourth-order valence-electron chi connectivity index (χ4n) is 3.94.